The largest absolute Gasteiger partial charge is 0.467 e. The third-order valence-corrected chi connectivity index (χ3v) is 4.66. The molecule has 3 rings (SSSR count). The van der Waals surface area contributed by atoms with E-state index in [1.807, 2.05) is 0 Å². The molecule has 2 N–H and O–H groups in total. The number of amides is 2. The van der Waals surface area contributed by atoms with Crippen molar-refractivity contribution < 1.29 is 27.9 Å². The number of hydrogen-bond acceptors (Lipinski definition) is 4. The van der Waals surface area contributed by atoms with Crippen LogP contribution in [-0.2, 0) is 4.79 Å². The normalized spacial score (nSPS) is 16.2. The number of aliphatic hydroxyl groups is 1. The lowest BCUT2D eigenvalue weighted by molar-refractivity contribution is -0.126. The molecule has 1 saturated heterocycles. The van der Waals surface area contributed by atoms with E-state index in [1.54, 1.807) is 12.1 Å². The number of furan rings is 1. The Morgan fingerprint density at radius 1 is 1.26 bits per heavy atom. The van der Waals surface area contributed by atoms with Crippen molar-refractivity contribution in [1.29, 1.82) is 0 Å². The van der Waals surface area contributed by atoms with Crippen LogP contribution in [0.15, 0.2) is 41.0 Å². The number of hydrogen-bond donors (Lipinski definition) is 2. The molecule has 1 atom stereocenters. The molecule has 2 amide bonds. The van der Waals surface area contributed by atoms with Crippen LogP contribution < -0.4 is 5.32 Å². The van der Waals surface area contributed by atoms with Crippen LogP contribution in [-0.4, -0.2) is 41.5 Å². The number of likely N-dealkylation sites (tertiary alicyclic amines) is 1. The van der Waals surface area contributed by atoms with Crippen LogP contribution in [0.5, 0.6) is 0 Å². The van der Waals surface area contributed by atoms with Crippen molar-refractivity contribution in [3.05, 3.63) is 59.6 Å². The Labute approximate surface area is 154 Å². The van der Waals surface area contributed by atoms with Gasteiger partial charge in [-0.3, -0.25) is 9.59 Å². The van der Waals surface area contributed by atoms with Gasteiger partial charge in [0.2, 0.25) is 5.91 Å². The summed E-state index contributed by atoms with van der Waals surface area (Å²) in [7, 11) is 0. The van der Waals surface area contributed by atoms with Crippen LogP contribution in [0.25, 0.3) is 0 Å². The van der Waals surface area contributed by atoms with Gasteiger partial charge in [-0.05, 0) is 37.1 Å². The van der Waals surface area contributed by atoms with Crippen molar-refractivity contribution in [3.8, 4) is 0 Å². The first-order valence-electron chi connectivity index (χ1n) is 8.69. The van der Waals surface area contributed by atoms with Gasteiger partial charge in [-0.1, -0.05) is 0 Å². The molecular formula is C19H20F2N2O4. The first kappa shape index (κ1) is 19.0. The molecule has 144 valence electrons. The third-order valence-electron chi connectivity index (χ3n) is 4.66. The Morgan fingerprint density at radius 2 is 2.00 bits per heavy atom. The molecule has 0 spiro atoms. The molecule has 1 aromatic carbocycles. The van der Waals surface area contributed by atoms with E-state index < -0.39 is 23.6 Å². The number of carbonyl (C=O) groups is 2. The van der Waals surface area contributed by atoms with Crippen LogP contribution in [0.4, 0.5) is 8.78 Å². The fraction of sp³-hybridized carbons (Fsp3) is 0.368. The maximum Gasteiger partial charge on any atom is 0.256 e. The molecule has 27 heavy (non-hydrogen) atoms. The van der Waals surface area contributed by atoms with Gasteiger partial charge in [0.05, 0.1) is 18.4 Å². The van der Waals surface area contributed by atoms with Gasteiger partial charge in [-0.15, -0.1) is 0 Å². The molecule has 2 heterocycles. The monoisotopic (exact) mass is 378 g/mol. The minimum absolute atomic E-state index is 0.0340. The number of nitrogens with zero attached hydrogens (tertiary/aromatic N) is 1. The average Bonchev–Trinajstić information content (AvgIpc) is 3.20. The first-order chi connectivity index (χ1) is 13.0. The van der Waals surface area contributed by atoms with Gasteiger partial charge in [0.1, 0.15) is 23.5 Å². The number of benzene rings is 1. The highest BCUT2D eigenvalue weighted by Crippen LogP contribution is 2.21. The average molecular weight is 378 g/mol. The van der Waals surface area contributed by atoms with Crippen molar-refractivity contribution in [3.63, 3.8) is 0 Å². The zero-order valence-corrected chi connectivity index (χ0v) is 14.5. The molecular weight excluding hydrogens is 358 g/mol. The van der Waals surface area contributed by atoms with Gasteiger partial charge in [-0.25, -0.2) is 8.78 Å². The lowest BCUT2D eigenvalue weighted by atomic mass is 9.95. The Kier molecular flexibility index (Phi) is 5.85. The molecule has 0 radical (unpaired) electrons. The van der Waals surface area contributed by atoms with E-state index >= 15 is 0 Å². The van der Waals surface area contributed by atoms with E-state index in [-0.39, 0.29) is 23.9 Å². The Morgan fingerprint density at radius 3 is 2.63 bits per heavy atom. The zero-order chi connectivity index (χ0) is 19.4. The van der Waals surface area contributed by atoms with E-state index in [4.69, 9.17) is 4.42 Å². The van der Waals surface area contributed by atoms with Crippen molar-refractivity contribution in [2.45, 2.75) is 18.9 Å². The predicted molar refractivity (Wildman–Crippen MR) is 91.7 cm³/mol. The Balaban J connectivity index is 1.49. The number of carbonyl (C=O) groups excluding carboxylic acids is 2. The van der Waals surface area contributed by atoms with Gasteiger partial charge < -0.3 is 19.7 Å². The van der Waals surface area contributed by atoms with Crippen LogP contribution >= 0.6 is 0 Å². The van der Waals surface area contributed by atoms with Gasteiger partial charge in [-0.2, -0.15) is 0 Å². The molecule has 8 heteroatoms. The van der Waals surface area contributed by atoms with Crippen molar-refractivity contribution in [1.82, 2.24) is 10.2 Å². The number of halogens is 2. The summed E-state index contributed by atoms with van der Waals surface area (Å²) in [5.41, 5.74) is -0.180. The molecule has 1 unspecified atom stereocenters. The van der Waals surface area contributed by atoms with Gasteiger partial charge in [0.25, 0.3) is 5.91 Å². The summed E-state index contributed by atoms with van der Waals surface area (Å²) in [5.74, 6) is -2.28. The predicted octanol–water partition coefficient (Wildman–Crippen LogP) is 2.26. The second kappa shape index (κ2) is 8.30. The molecule has 0 bridgehead atoms. The maximum absolute atomic E-state index is 13.8. The minimum atomic E-state index is -0.924. The highest BCUT2D eigenvalue weighted by Gasteiger charge is 2.29. The van der Waals surface area contributed by atoms with Gasteiger partial charge in [0.15, 0.2) is 0 Å². The summed E-state index contributed by atoms with van der Waals surface area (Å²) < 4.78 is 31.8. The lowest BCUT2D eigenvalue weighted by Crippen LogP contribution is -2.43. The molecule has 6 nitrogen and oxygen atoms in total. The molecule has 1 aliphatic rings. The molecule has 2 aromatic rings. The number of aliphatic hydroxyl groups excluding tert-OH is 1. The van der Waals surface area contributed by atoms with Crippen molar-refractivity contribution >= 4 is 11.8 Å². The molecule has 1 fully saturated rings. The summed E-state index contributed by atoms with van der Waals surface area (Å²) in [5, 5.41) is 12.6. The summed E-state index contributed by atoms with van der Waals surface area (Å²) in [6.45, 7) is 0.634. The zero-order valence-electron chi connectivity index (χ0n) is 14.5. The fourth-order valence-electron chi connectivity index (χ4n) is 3.10. The van der Waals surface area contributed by atoms with Crippen molar-refractivity contribution in [2.24, 2.45) is 5.92 Å². The quantitative estimate of drug-likeness (QED) is 0.836. The second-order valence-electron chi connectivity index (χ2n) is 6.47. The highest BCUT2D eigenvalue weighted by atomic mass is 19.1. The number of piperidine rings is 1. The third kappa shape index (κ3) is 4.51. The fourth-order valence-corrected chi connectivity index (χ4v) is 3.10. The summed E-state index contributed by atoms with van der Waals surface area (Å²) in [6, 6.07) is 6.12. The molecule has 0 saturated carbocycles. The standard InChI is InChI=1S/C19H20F2N2O4/c20-13-3-4-14(15(21)10-13)19(26)23-7-5-12(6-8-23)18(25)22-11-16(24)17-2-1-9-27-17/h1-4,9-10,12,16,24H,5-8,11H2,(H,22,25). The van der Waals surface area contributed by atoms with Crippen LogP contribution in [0.2, 0.25) is 0 Å². The van der Waals surface area contributed by atoms with Crippen molar-refractivity contribution in [2.75, 3.05) is 19.6 Å². The van der Waals surface area contributed by atoms with E-state index in [1.165, 1.54) is 11.2 Å². The lowest BCUT2D eigenvalue weighted by Gasteiger charge is -2.31. The smallest absolute Gasteiger partial charge is 0.256 e. The van der Waals surface area contributed by atoms with Crippen LogP contribution in [0.1, 0.15) is 35.1 Å². The SMILES string of the molecule is O=C(NCC(O)c1ccco1)C1CCN(C(=O)c2ccc(F)cc2F)CC1. The Bertz CT molecular complexity index is 802. The summed E-state index contributed by atoms with van der Waals surface area (Å²) in [6.07, 6.45) is 1.37. The van der Waals surface area contributed by atoms with Gasteiger partial charge >= 0.3 is 0 Å². The topological polar surface area (TPSA) is 82.8 Å². The van der Waals surface area contributed by atoms with E-state index in [2.05, 4.69) is 5.32 Å². The Hall–Kier alpha value is -2.74. The van der Waals surface area contributed by atoms with E-state index in [9.17, 15) is 23.5 Å². The summed E-state index contributed by atoms with van der Waals surface area (Å²) in [4.78, 5) is 26.1. The van der Waals surface area contributed by atoms with Crippen LogP contribution in [0.3, 0.4) is 0 Å². The maximum atomic E-state index is 13.8. The summed E-state index contributed by atoms with van der Waals surface area (Å²) >= 11 is 0. The van der Waals surface area contributed by atoms with E-state index in [0.29, 0.717) is 37.8 Å². The molecule has 1 aliphatic heterocycles. The van der Waals surface area contributed by atoms with E-state index in [0.717, 1.165) is 12.1 Å². The minimum Gasteiger partial charge on any atom is -0.467 e. The number of nitrogens with one attached hydrogen (secondary N) is 1. The molecule has 0 aliphatic carbocycles. The van der Waals surface area contributed by atoms with Gasteiger partial charge in [0, 0.05) is 25.1 Å². The first-order valence-corrected chi connectivity index (χ1v) is 8.69. The van der Waals surface area contributed by atoms with Crippen LogP contribution in [0, 0.1) is 17.6 Å². The molecule has 1 aromatic heterocycles. The second-order valence-corrected chi connectivity index (χ2v) is 6.47. The number of rotatable bonds is 5. The highest BCUT2D eigenvalue weighted by molar-refractivity contribution is 5.94.